The van der Waals surface area contributed by atoms with E-state index in [1.54, 1.807) is 7.05 Å². The van der Waals surface area contributed by atoms with E-state index in [9.17, 15) is 9.18 Å². The fourth-order valence-electron chi connectivity index (χ4n) is 3.72. The number of hydrogen-bond acceptors (Lipinski definition) is 7. The van der Waals surface area contributed by atoms with Crippen molar-refractivity contribution in [1.82, 2.24) is 29.8 Å². The molecule has 5 rings (SSSR count). The van der Waals surface area contributed by atoms with Crippen molar-refractivity contribution in [2.24, 2.45) is 5.92 Å². The third-order valence-corrected chi connectivity index (χ3v) is 5.67. The van der Waals surface area contributed by atoms with Crippen LogP contribution in [-0.2, 0) is 30.7 Å². The van der Waals surface area contributed by atoms with Gasteiger partial charge in [0.1, 0.15) is 0 Å². The zero-order valence-corrected chi connectivity index (χ0v) is 17.3. The van der Waals surface area contributed by atoms with Crippen molar-refractivity contribution < 1.29 is 18.4 Å². The molecule has 4 heterocycles. The largest absolute Gasteiger partial charge is 0.376 e. The first-order valence-electron chi connectivity index (χ1n) is 10.5. The molecule has 2 aliphatic rings. The van der Waals surface area contributed by atoms with E-state index in [4.69, 9.17) is 14.4 Å². The van der Waals surface area contributed by atoms with Gasteiger partial charge in [-0.25, -0.2) is 9.37 Å². The molecule has 0 atom stereocenters. The molecule has 1 amide bonds. The number of amides is 1. The van der Waals surface area contributed by atoms with Crippen LogP contribution in [0.25, 0.3) is 11.6 Å². The summed E-state index contributed by atoms with van der Waals surface area (Å²) in [7, 11) is 1.59. The van der Waals surface area contributed by atoms with Crippen molar-refractivity contribution in [3.05, 3.63) is 46.9 Å². The van der Waals surface area contributed by atoms with Crippen molar-refractivity contribution in [3.63, 3.8) is 0 Å². The van der Waals surface area contributed by atoms with E-state index in [2.05, 4.69) is 19.8 Å². The fraction of sp³-hybridized carbons (Fsp3) is 0.476. The SMILES string of the molecule is CN(CCc1noc(-c2nn(CC3CC3)c3c2COCC3)n1)C(=O)c1ncccc1F. The van der Waals surface area contributed by atoms with Gasteiger partial charge in [-0.2, -0.15) is 10.1 Å². The van der Waals surface area contributed by atoms with Gasteiger partial charge in [-0.3, -0.25) is 9.48 Å². The summed E-state index contributed by atoms with van der Waals surface area (Å²) in [6, 6.07) is 2.66. The standard InChI is InChI=1S/C21H23FN6O3/c1-27(21(29)19-15(22)3-2-8-23-19)9-6-17-24-20(31-26-17)18-14-12-30-10-7-16(14)28(25-18)11-13-4-5-13/h2-3,8,13H,4-7,9-12H2,1H3. The smallest absolute Gasteiger partial charge is 0.278 e. The second-order valence-electron chi connectivity index (χ2n) is 8.03. The molecule has 162 valence electrons. The van der Waals surface area contributed by atoms with Gasteiger partial charge in [-0.1, -0.05) is 5.16 Å². The van der Waals surface area contributed by atoms with Crippen LogP contribution in [0, 0.1) is 11.7 Å². The van der Waals surface area contributed by atoms with Crippen molar-refractivity contribution in [2.45, 2.75) is 38.8 Å². The number of nitrogens with zero attached hydrogens (tertiary/aromatic N) is 6. The van der Waals surface area contributed by atoms with Crippen LogP contribution in [0.3, 0.4) is 0 Å². The summed E-state index contributed by atoms with van der Waals surface area (Å²) >= 11 is 0. The maximum absolute atomic E-state index is 13.8. The van der Waals surface area contributed by atoms with Gasteiger partial charge in [-0.15, -0.1) is 0 Å². The predicted molar refractivity (Wildman–Crippen MR) is 106 cm³/mol. The number of pyridine rings is 1. The lowest BCUT2D eigenvalue weighted by Crippen LogP contribution is -2.30. The Morgan fingerprint density at radius 1 is 1.39 bits per heavy atom. The van der Waals surface area contributed by atoms with Crippen molar-refractivity contribution in [1.29, 1.82) is 0 Å². The van der Waals surface area contributed by atoms with Gasteiger partial charge in [0.2, 0.25) is 0 Å². The third-order valence-electron chi connectivity index (χ3n) is 5.67. The minimum atomic E-state index is -0.644. The Labute approximate surface area is 178 Å². The number of likely N-dealkylation sites (N-methyl/N-ethyl adjacent to an activating group) is 1. The molecule has 10 heteroatoms. The van der Waals surface area contributed by atoms with Gasteiger partial charge in [0.25, 0.3) is 11.8 Å². The Kier molecular flexibility index (Phi) is 5.23. The molecule has 0 radical (unpaired) electrons. The highest BCUT2D eigenvalue weighted by Crippen LogP contribution is 2.34. The molecule has 31 heavy (non-hydrogen) atoms. The van der Waals surface area contributed by atoms with Crippen LogP contribution in [0.2, 0.25) is 0 Å². The maximum Gasteiger partial charge on any atom is 0.278 e. The minimum Gasteiger partial charge on any atom is -0.376 e. The van der Waals surface area contributed by atoms with E-state index >= 15 is 0 Å². The molecule has 3 aromatic rings. The van der Waals surface area contributed by atoms with Gasteiger partial charge >= 0.3 is 0 Å². The summed E-state index contributed by atoms with van der Waals surface area (Å²) < 4.78 is 27.0. The molecule has 0 N–H and O–H groups in total. The summed E-state index contributed by atoms with van der Waals surface area (Å²) in [5, 5.41) is 8.80. The van der Waals surface area contributed by atoms with E-state index in [-0.39, 0.29) is 5.69 Å². The monoisotopic (exact) mass is 426 g/mol. The first-order valence-corrected chi connectivity index (χ1v) is 10.5. The van der Waals surface area contributed by atoms with Crippen LogP contribution >= 0.6 is 0 Å². The molecule has 3 aromatic heterocycles. The Balaban J connectivity index is 1.29. The van der Waals surface area contributed by atoms with Gasteiger partial charge in [-0.05, 0) is 30.9 Å². The number of aromatic nitrogens is 5. The lowest BCUT2D eigenvalue weighted by molar-refractivity contribution is 0.0785. The minimum absolute atomic E-state index is 0.202. The molecule has 1 aliphatic heterocycles. The molecule has 0 aromatic carbocycles. The molecule has 0 unspecified atom stereocenters. The van der Waals surface area contributed by atoms with Gasteiger partial charge in [0.15, 0.2) is 23.0 Å². The van der Waals surface area contributed by atoms with Crippen LogP contribution in [-0.4, -0.2) is 55.9 Å². The number of fused-ring (bicyclic) bond motifs is 1. The van der Waals surface area contributed by atoms with Crippen molar-refractivity contribution >= 4 is 5.91 Å². The van der Waals surface area contributed by atoms with E-state index < -0.39 is 11.7 Å². The third kappa shape index (κ3) is 4.07. The summed E-state index contributed by atoms with van der Waals surface area (Å²) in [5.41, 5.74) is 2.68. The van der Waals surface area contributed by atoms with E-state index in [1.165, 1.54) is 41.8 Å². The molecular formula is C21H23FN6O3. The highest BCUT2D eigenvalue weighted by Gasteiger charge is 2.29. The van der Waals surface area contributed by atoms with Crippen LogP contribution in [0.15, 0.2) is 22.9 Å². The zero-order valence-electron chi connectivity index (χ0n) is 17.3. The number of hydrogen-bond donors (Lipinski definition) is 0. The number of carbonyl (C=O) groups is 1. The van der Waals surface area contributed by atoms with Gasteiger partial charge in [0.05, 0.1) is 13.2 Å². The topological polar surface area (TPSA) is 99.2 Å². The quantitative estimate of drug-likeness (QED) is 0.571. The zero-order chi connectivity index (χ0) is 21.4. The Morgan fingerprint density at radius 2 is 2.26 bits per heavy atom. The first kappa shape index (κ1) is 19.8. The lowest BCUT2D eigenvalue weighted by atomic mass is 10.1. The molecule has 1 aliphatic carbocycles. The normalized spacial score (nSPS) is 15.7. The average molecular weight is 426 g/mol. The maximum atomic E-state index is 13.8. The van der Waals surface area contributed by atoms with Crippen LogP contribution in [0.4, 0.5) is 4.39 Å². The van der Waals surface area contributed by atoms with Gasteiger partial charge < -0.3 is 14.2 Å². The fourth-order valence-corrected chi connectivity index (χ4v) is 3.72. The number of carbonyl (C=O) groups excluding carboxylic acids is 1. The summed E-state index contributed by atoms with van der Waals surface area (Å²) in [4.78, 5) is 22.1. The van der Waals surface area contributed by atoms with E-state index in [0.717, 1.165) is 18.5 Å². The lowest BCUT2D eigenvalue weighted by Gasteiger charge is -2.15. The molecule has 0 saturated heterocycles. The summed E-state index contributed by atoms with van der Waals surface area (Å²) in [6.07, 6.45) is 5.08. The van der Waals surface area contributed by atoms with E-state index in [1.807, 2.05) is 0 Å². The molecule has 1 saturated carbocycles. The van der Waals surface area contributed by atoms with Crippen LogP contribution in [0.5, 0.6) is 0 Å². The Hall–Kier alpha value is -3.14. The van der Waals surface area contributed by atoms with Crippen LogP contribution in [0.1, 0.15) is 40.4 Å². The average Bonchev–Trinajstić information content (AvgIpc) is 3.35. The van der Waals surface area contributed by atoms with E-state index in [0.29, 0.717) is 49.5 Å². The summed E-state index contributed by atoms with van der Waals surface area (Å²) in [5.74, 6) is 0.381. The van der Waals surface area contributed by atoms with Gasteiger partial charge in [0, 0.05) is 50.4 Å². The molecule has 0 spiro atoms. The first-order chi connectivity index (χ1) is 15.1. The molecule has 0 bridgehead atoms. The molecule has 9 nitrogen and oxygen atoms in total. The number of rotatable bonds is 7. The highest BCUT2D eigenvalue weighted by molar-refractivity contribution is 5.92. The second kappa shape index (κ2) is 8.18. The molecular weight excluding hydrogens is 403 g/mol. The summed E-state index contributed by atoms with van der Waals surface area (Å²) in [6.45, 7) is 2.39. The number of halogens is 1. The number of ether oxygens (including phenoxy) is 1. The van der Waals surface area contributed by atoms with Crippen molar-refractivity contribution in [3.8, 4) is 11.6 Å². The second-order valence-corrected chi connectivity index (χ2v) is 8.03. The van der Waals surface area contributed by atoms with Crippen molar-refractivity contribution in [2.75, 3.05) is 20.2 Å². The van der Waals surface area contributed by atoms with Crippen LogP contribution < -0.4 is 0 Å². The highest BCUT2D eigenvalue weighted by atomic mass is 19.1. The Bertz CT molecular complexity index is 1110. The predicted octanol–water partition coefficient (Wildman–Crippen LogP) is 2.26. The molecule has 1 fully saturated rings. The Morgan fingerprint density at radius 3 is 3.06 bits per heavy atom.